The number of carbonyl (C=O) groups is 1. The molecule has 0 atom stereocenters. The molecule has 0 radical (unpaired) electrons. The van der Waals surface area contributed by atoms with Crippen LogP contribution in [0.15, 0.2) is 48.4 Å². The van der Waals surface area contributed by atoms with E-state index in [0.717, 1.165) is 0 Å². The molecule has 2 N–H and O–H groups in total. The van der Waals surface area contributed by atoms with Crippen molar-refractivity contribution in [1.82, 2.24) is 4.31 Å². The lowest BCUT2D eigenvalue weighted by atomic mass is 10.2. The molecule has 0 unspecified atom stereocenters. The number of rotatable bonds is 7. The van der Waals surface area contributed by atoms with Gasteiger partial charge in [0.2, 0.25) is 10.0 Å². The monoisotopic (exact) mass is 310 g/mol. The van der Waals surface area contributed by atoms with Crippen LogP contribution in [0.2, 0.25) is 0 Å². The zero-order valence-corrected chi connectivity index (χ0v) is 12.6. The van der Waals surface area contributed by atoms with Crippen LogP contribution in [0.25, 0.3) is 0 Å². The van der Waals surface area contributed by atoms with Gasteiger partial charge in [-0.05, 0) is 18.2 Å². The van der Waals surface area contributed by atoms with E-state index in [4.69, 9.17) is 5.73 Å². The molecule has 0 amide bonds. The molecule has 7 heteroatoms. The van der Waals surface area contributed by atoms with E-state index >= 15 is 0 Å². The third-order valence-corrected chi connectivity index (χ3v) is 4.62. The number of methoxy groups -OCH3 is 1. The first-order valence-electron chi connectivity index (χ1n) is 6.08. The van der Waals surface area contributed by atoms with Gasteiger partial charge in [0.1, 0.15) is 4.90 Å². The van der Waals surface area contributed by atoms with Gasteiger partial charge in [-0.25, -0.2) is 13.2 Å². The van der Waals surface area contributed by atoms with Gasteiger partial charge in [-0.2, -0.15) is 4.31 Å². The Morgan fingerprint density at radius 3 is 2.33 bits per heavy atom. The molecule has 21 heavy (non-hydrogen) atoms. The Bertz CT molecular complexity index is 643. The zero-order chi connectivity index (χ0) is 16.0. The summed E-state index contributed by atoms with van der Waals surface area (Å²) >= 11 is 0. The van der Waals surface area contributed by atoms with Crippen molar-refractivity contribution in [3.05, 3.63) is 49.1 Å². The van der Waals surface area contributed by atoms with Gasteiger partial charge >= 0.3 is 5.97 Å². The van der Waals surface area contributed by atoms with Crippen molar-refractivity contribution >= 4 is 21.7 Å². The summed E-state index contributed by atoms with van der Waals surface area (Å²) in [6.45, 7) is 7.32. The normalized spacial score (nSPS) is 11.1. The van der Waals surface area contributed by atoms with E-state index in [0.29, 0.717) is 0 Å². The van der Waals surface area contributed by atoms with Crippen LogP contribution in [-0.2, 0) is 14.8 Å². The highest BCUT2D eigenvalue weighted by molar-refractivity contribution is 7.89. The minimum atomic E-state index is -3.79. The van der Waals surface area contributed by atoms with Crippen molar-refractivity contribution in [3.63, 3.8) is 0 Å². The third kappa shape index (κ3) is 3.71. The molecule has 0 aliphatic heterocycles. The van der Waals surface area contributed by atoms with E-state index < -0.39 is 16.0 Å². The standard InChI is InChI=1S/C14H18N2O4S/c1-4-8-16(9-5-2)21(18,19)13-7-6-11(10-12(13)15)14(17)20-3/h4-7,10H,1-2,8-9,15H2,3H3. The van der Waals surface area contributed by atoms with E-state index in [1.807, 2.05) is 0 Å². The fourth-order valence-electron chi connectivity index (χ4n) is 1.73. The van der Waals surface area contributed by atoms with Gasteiger partial charge in [-0.15, -0.1) is 13.2 Å². The topological polar surface area (TPSA) is 89.7 Å². The molecule has 0 spiro atoms. The van der Waals surface area contributed by atoms with Crippen molar-refractivity contribution in [3.8, 4) is 0 Å². The summed E-state index contributed by atoms with van der Waals surface area (Å²) in [5, 5.41) is 0. The summed E-state index contributed by atoms with van der Waals surface area (Å²) in [5.41, 5.74) is 5.94. The SMILES string of the molecule is C=CCN(CC=C)S(=O)(=O)c1ccc(C(=O)OC)cc1N. The lowest BCUT2D eigenvalue weighted by Gasteiger charge is -2.20. The Hall–Kier alpha value is -2.12. The largest absolute Gasteiger partial charge is 0.465 e. The van der Waals surface area contributed by atoms with Crippen molar-refractivity contribution in [1.29, 1.82) is 0 Å². The molecule has 114 valence electrons. The number of nitrogens with zero attached hydrogens (tertiary/aromatic N) is 1. The highest BCUT2D eigenvalue weighted by Gasteiger charge is 2.25. The highest BCUT2D eigenvalue weighted by atomic mass is 32.2. The van der Waals surface area contributed by atoms with Gasteiger partial charge < -0.3 is 10.5 Å². The Balaban J connectivity index is 3.27. The molecule has 1 rings (SSSR count). The molecule has 1 aromatic rings. The molecule has 1 aromatic carbocycles. The number of ether oxygens (including phenoxy) is 1. The number of nitrogens with two attached hydrogens (primary N) is 1. The zero-order valence-electron chi connectivity index (χ0n) is 11.8. The average Bonchev–Trinajstić information content (AvgIpc) is 2.45. The lowest BCUT2D eigenvalue weighted by Crippen LogP contribution is -2.32. The first-order chi connectivity index (χ1) is 9.88. The molecule has 0 aliphatic rings. The molecule has 0 bridgehead atoms. The second-order valence-corrected chi connectivity index (χ2v) is 6.05. The highest BCUT2D eigenvalue weighted by Crippen LogP contribution is 2.24. The smallest absolute Gasteiger partial charge is 0.337 e. The van der Waals surface area contributed by atoms with Crippen LogP contribution < -0.4 is 5.73 Å². The van der Waals surface area contributed by atoms with Gasteiger partial charge in [0.15, 0.2) is 0 Å². The summed E-state index contributed by atoms with van der Waals surface area (Å²) in [4.78, 5) is 11.3. The first-order valence-corrected chi connectivity index (χ1v) is 7.52. The summed E-state index contributed by atoms with van der Waals surface area (Å²) in [6, 6.07) is 3.92. The fourth-order valence-corrected chi connectivity index (χ4v) is 3.20. The van der Waals surface area contributed by atoms with Crippen LogP contribution in [0.4, 0.5) is 5.69 Å². The number of hydrogen-bond donors (Lipinski definition) is 1. The van der Waals surface area contributed by atoms with Crippen LogP contribution in [0.3, 0.4) is 0 Å². The van der Waals surface area contributed by atoms with Crippen molar-refractivity contribution in [2.24, 2.45) is 0 Å². The molecule has 0 heterocycles. The number of sulfonamides is 1. The van der Waals surface area contributed by atoms with E-state index in [-0.39, 0.29) is 29.2 Å². The average molecular weight is 310 g/mol. The van der Waals surface area contributed by atoms with Gasteiger partial charge in [0.25, 0.3) is 0 Å². The second kappa shape index (κ2) is 7.05. The van der Waals surface area contributed by atoms with E-state index in [1.54, 1.807) is 0 Å². The van der Waals surface area contributed by atoms with Crippen molar-refractivity contribution < 1.29 is 17.9 Å². The van der Waals surface area contributed by atoms with Crippen LogP contribution in [-0.4, -0.2) is 38.9 Å². The van der Waals surface area contributed by atoms with E-state index in [2.05, 4.69) is 17.9 Å². The molecule has 0 fully saturated rings. The molecule has 0 aromatic heterocycles. The second-order valence-electron chi connectivity index (χ2n) is 4.14. The van der Waals surface area contributed by atoms with Crippen molar-refractivity contribution in [2.45, 2.75) is 4.90 Å². The maximum atomic E-state index is 12.5. The number of nitrogen functional groups attached to an aromatic ring is 1. The van der Waals surface area contributed by atoms with Gasteiger partial charge in [-0.1, -0.05) is 12.2 Å². The Labute approximate surface area is 124 Å². The number of carbonyl (C=O) groups excluding carboxylic acids is 1. The Kier molecular flexibility index (Phi) is 5.69. The van der Waals surface area contributed by atoms with Crippen LogP contribution in [0.1, 0.15) is 10.4 Å². The summed E-state index contributed by atoms with van der Waals surface area (Å²) in [6.07, 6.45) is 2.94. The van der Waals surface area contributed by atoms with Crippen molar-refractivity contribution in [2.75, 3.05) is 25.9 Å². The van der Waals surface area contributed by atoms with E-state index in [9.17, 15) is 13.2 Å². The fraction of sp³-hybridized carbons (Fsp3) is 0.214. The first kappa shape index (κ1) is 16.9. The minimum Gasteiger partial charge on any atom is -0.465 e. The van der Waals surface area contributed by atoms with Gasteiger partial charge in [-0.3, -0.25) is 0 Å². The predicted octanol–water partition coefficient (Wildman–Crippen LogP) is 1.42. The molecular formula is C14H18N2O4S. The number of esters is 1. The summed E-state index contributed by atoms with van der Waals surface area (Å²) in [7, 11) is -2.56. The molecule has 6 nitrogen and oxygen atoms in total. The van der Waals surface area contributed by atoms with Crippen LogP contribution in [0, 0.1) is 0 Å². The number of benzene rings is 1. The summed E-state index contributed by atoms with van der Waals surface area (Å²) in [5.74, 6) is -0.584. The maximum absolute atomic E-state index is 12.5. The number of hydrogen-bond acceptors (Lipinski definition) is 5. The molecule has 0 saturated carbocycles. The quantitative estimate of drug-likeness (QED) is 0.467. The predicted molar refractivity (Wildman–Crippen MR) is 81.3 cm³/mol. The maximum Gasteiger partial charge on any atom is 0.337 e. The Morgan fingerprint density at radius 2 is 1.90 bits per heavy atom. The lowest BCUT2D eigenvalue weighted by molar-refractivity contribution is 0.0600. The van der Waals surface area contributed by atoms with Crippen LogP contribution >= 0.6 is 0 Å². The Morgan fingerprint density at radius 1 is 1.33 bits per heavy atom. The third-order valence-electron chi connectivity index (χ3n) is 2.71. The molecule has 0 aliphatic carbocycles. The summed E-state index contributed by atoms with van der Waals surface area (Å²) < 4.78 is 30.8. The molecule has 0 saturated heterocycles. The van der Waals surface area contributed by atoms with Gasteiger partial charge in [0, 0.05) is 13.1 Å². The minimum absolute atomic E-state index is 0.0176. The number of anilines is 1. The van der Waals surface area contributed by atoms with Crippen LogP contribution in [0.5, 0.6) is 0 Å². The van der Waals surface area contributed by atoms with E-state index in [1.165, 1.54) is 41.8 Å². The van der Waals surface area contributed by atoms with Gasteiger partial charge in [0.05, 0.1) is 18.4 Å². The molecular weight excluding hydrogens is 292 g/mol.